The summed E-state index contributed by atoms with van der Waals surface area (Å²) in [5.41, 5.74) is 6.00. The van der Waals surface area contributed by atoms with Gasteiger partial charge in [0.05, 0.1) is 49.8 Å². The third-order valence-electron chi connectivity index (χ3n) is 7.91. The van der Waals surface area contributed by atoms with Crippen LogP contribution in [0, 0.1) is 0 Å². The van der Waals surface area contributed by atoms with Crippen LogP contribution in [0.1, 0.15) is 43.3 Å². The number of hydrogen-bond donors (Lipinski definition) is 0. The Morgan fingerprint density at radius 3 is 2.36 bits per heavy atom. The minimum Gasteiger partial charge on any atom is -0.475 e. The van der Waals surface area contributed by atoms with Crippen molar-refractivity contribution >= 4 is 35.0 Å². The Bertz CT molecular complexity index is 1680. The summed E-state index contributed by atoms with van der Waals surface area (Å²) in [6.45, 7) is 3.39. The number of imide groups is 1. The fraction of sp³-hybridized carbons (Fsp3) is 0.294. The highest BCUT2D eigenvalue weighted by molar-refractivity contribution is 6.35. The minimum atomic E-state index is -0.285. The van der Waals surface area contributed by atoms with E-state index in [9.17, 15) is 9.59 Å². The maximum atomic E-state index is 12.4. The van der Waals surface area contributed by atoms with E-state index in [0.717, 1.165) is 41.0 Å². The quantitative estimate of drug-likeness (QED) is 0.142. The van der Waals surface area contributed by atoms with Crippen LogP contribution in [0.25, 0.3) is 11.3 Å². The molecule has 0 unspecified atom stereocenters. The Kier molecular flexibility index (Phi) is 9.73. The summed E-state index contributed by atoms with van der Waals surface area (Å²) in [6.07, 6.45) is 1.49. The zero-order valence-electron chi connectivity index (χ0n) is 24.7. The summed E-state index contributed by atoms with van der Waals surface area (Å²) in [5.74, 6) is 0.00176. The van der Waals surface area contributed by atoms with Crippen LogP contribution in [0.15, 0.2) is 73.1 Å². The van der Waals surface area contributed by atoms with Crippen LogP contribution >= 0.6 is 23.2 Å². The average molecular weight is 648 g/mol. The van der Waals surface area contributed by atoms with E-state index >= 15 is 0 Å². The molecule has 0 saturated carbocycles. The predicted octanol–water partition coefficient (Wildman–Crippen LogP) is 5.74. The molecule has 2 aliphatic rings. The van der Waals surface area contributed by atoms with Gasteiger partial charge in [-0.1, -0.05) is 53.5 Å². The van der Waals surface area contributed by atoms with Crippen molar-refractivity contribution in [3.63, 3.8) is 0 Å². The van der Waals surface area contributed by atoms with Gasteiger partial charge in [-0.2, -0.15) is 0 Å². The van der Waals surface area contributed by atoms with Crippen molar-refractivity contribution in [1.29, 1.82) is 0 Å². The number of ether oxygens (including phenoxy) is 3. The van der Waals surface area contributed by atoms with Gasteiger partial charge in [-0.05, 0) is 54.1 Å². The number of fused-ring (bicyclic) bond motifs is 2. The lowest BCUT2D eigenvalue weighted by atomic mass is 9.84. The molecule has 0 fully saturated rings. The van der Waals surface area contributed by atoms with Gasteiger partial charge >= 0.3 is 0 Å². The third kappa shape index (κ3) is 7.03. The second-order valence-electron chi connectivity index (χ2n) is 11.0. The van der Waals surface area contributed by atoms with Crippen LogP contribution in [-0.4, -0.2) is 84.8 Å². The standard InChI is InChI=1S/C34H32Cl2N4O5/c1-39-19-28(27-16-24(35)17-30(36)29(27)20-39)22-5-4-6-23(15-22)31-18-32(38-21-37-31)45-14-13-44-12-11-43-10-9-40-33(41)25-7-2-3-8-26(25)34(40)42/h2-8,15-18,21,28H,9-14,19-20H2,1H3/t28-/m0/s1. The number of nitrogens with zero attached hydrogens (tertiary/aromatic N) is 4. The molecule has 11 heteroatoms. The molecular formula is C34H32Cl2N4O5. The van der Waals surface area contributed by atoms with Crippen molar-refractivity contribution in [2.75, 3.05) is 53.2 Å². The molecule has 2 aliphatic heterocycles. The minimum absolute atomic E-state index is 0.121. The van der Waals surface area contributed by atoms with E-state index in [1.54, 1.807) is 30.3 Å². The van der Waals surface area contributed by atoms with Crippen LogP contribution in [0.5, 0.6) is 5.88 Å². The van der Waals surface area contributed by atoms with Gasteiger partial charge in [0.15, 0.2) is 0 Å². The van der Waals surface area contributed by atoms with E-state index in [-0.39, 0.29) is 30.9 Å². The number of halogens is 2. The first kappa shape index (κ1) is 31.1. The monoisotopic (exact) mass is 646 g/mol. The maximum Gasteiger partial charge on any atom is 0.261 e. The average Bonchev–Trinajstić information content (AvgIpc) is 3.29. The highest BCUT2D eigenvalue weighted by Gasteiger charge is 2.34. The SMILES string of the molecule is CN1Cc2c(Cl)cc(Cl)cc2[C@H](c2cccc(-c3cc(OCCOCCOCCN4C(=O)c5ccccc5C4=O)ncn3)c2)C1. The number of benzene rings is 3. The van der Waals surface area contributed by atoms with Gasteiger partial charge < -0.3 is 19.1 Å². The second-order valence-corrected chi connectivity index (χ2v) is 11.8. The van der Waals surface area contributed by atoms with Gasteiger partial charge in [-0.3, -0.25) is 14.5 Å². The molecule has 232 valence electrons. The summed E-state index contributed by atoms with van der Waals surface area (Å²) >= 11 is 12.9. The molecule has 0 N–H and O–H groups in total. The lowest BCUT2D eigenvalue weighted by Gasteiger charge is -2.33. The fourth-order valence-corrected chi connectivity index (χ4v) is 6.32. The predicted molar refractivity (Wildman–Crippen MR) is 171 cm³/mol. The first-order valence-electron chi connectivity index (χ1n) is 14.7. The van der Waals surface area contributed by atoms with Gasteiger partial charge in [-0.25, -0.2) is 9.97 Å². The zero-order chi connectivity index (χ0) is 31.3. The van der Waals surface area contributed by atoms with Crippen LogP contribution in [0.4, 0.5) is 0 Å². The Morgan fingerprint density at radius 2 is 1.58 bits per heavy atom. The maximum absolute atomic E-state index is 12.4. The van der Waals surface area contributed by atoms with Gasteiger partial charge in [-0.15, -0.1) is 0 Å². The highest BCUT2D eigenvalue weighted by atomic mass is 35.5. The van der Waals surface area contributed by atoms with Crippen LogP contribution in [0.2, 0.25) is 10.0 Å². The van der Waals surface area contributed by atoms with Crippen LogP contribution in [-0.2, 0) is 16.0 Å². The van der Waals surface area contributed by atoms with Gasteiger partial charge in [0.1, 0.15) is 12.9 Å². The molecule has 0 radical (unpaired) electrons. The molecule has 1 aromatic heterocycles. The lowest BCUT2D eigenvalue weighted by Crippen LogP contribution is -2.33. The smallest absolute Gasteiger partial charge is 0.261 e. The van der Waals surface area contributed by atoms with E-state index in [4.69, 9.17) is 37.4 Å². The third-order valence-corrected chi connectivity index (χ3v) is 8.46. The second kappa shape index (κ2) is 14.1. The van der Waals surface area contributed by atoms with E-state index < -0.39 is 0 Å². The number of aromatic nitrogens is 2. The van der Waals surface area contributed by atoms with Crippen molar-refractivity contribution in [3.05, 3.63) is 111 Å². The Balaban J connectivity index is 0.961. The van der Waals surface area contributed by atoms with E-state index in [0.29, 0.717) is 53.5 Å². The number of carbonyl (C=O) groups is 2. The largest absolute Gasteiger partial charge is 0.475 e. The molecule has 0 spiro atoms. The summed E-state index contributed by atoms with van der Waals surface area (Å²) < 4.78 is 17.0. The van der Waals surface area contributed by atoms with Gasteiger partial charge in [0.2, 0.25) is 5.88 Å². The molecule has 4 aromatic rings. The summed E-state index contributed by atoms with van der Waals surface area (Å²) in [4.78, 5) is 37.0. The van der Waals surface area contributed by atoms with E-state index in [1.807, 2.05) is 24.3 Å². The van der Waals surface area contributed by atoms with Crippen molar-refractivity contribution < 1.29 is 23.8 Å². The highest BCUT2D eigenvalue weighted by Crippen LogP contribution is 2.39. The van der Waals surface area contributed by atoms with Crippen LogP contribution < -0.4 is 4.74 Å². The molecule has 6 rings (SSSR count). The Labute approximate surface area is 271 Å². The van der Waals surface area contributed by atoms with Crippen molar-refractivity contribution in [2.45, 2.75) is 12.5 Å². The summed E-state index contributed by atoms with van der Waals surface area (Å²) in [6, 6.07) is 20.8. The zero-order valence-corrected chi connectivity index (χ0v) is 26.3. The van der Waals surface area contributed by atoms with Crippen molar-refractivity contribution in [3.8, 4) is 17.1 Å². The topological polar surface area (TPSA) is 94.1 Å². The molecule has 2 amide bonds. The normalized spacial score (nSPS) is 16.2. The first-order chi connectivity index (χ1) is 21.9. The van der Waals surface area contributed by atoms with Crippen molar-refractivity contribution in [1.82, 2.24) is 19.8 Å². The molecule has 3 aromatic carbocycles. The lowest BCUT2D eigenvalue weighted by molar-refractivity contribution is 0.0278. The van der Waals surface area contributed by atoms with Crippen LogP contribution in [0.3, 0.4) is 0 Å². The molecule has 9 nitrogen and oxygen atoms in total. The molecular weight excluding hydrogens is 615 g/mol. The number of amides is 2. The molecule has 45 heavy (non-hydrogen) atoms. The number of likely N-dealkylation sites (N-methyl/N-ethyl adjacent to an activating group) is 1. The van der Waals surface area contributed by atoms with Gasteiger partial charge in [0, 0.05) is 40.7 Å². The molecule has 3 heterocycles. The Morgan fingerprint density at radius 1 is 0.844 bits per heavy atom. The summed E-state index contributed by atoms with van der Waals surface area (Å²) in [5, 5.41) is 1.33. The molecule has 1 atom stereocenters. The number of hydrogen-bond acceptors (Lipinski definition) is 8. The molecule has 0 aliphatic carbocycles. The fourth-order valence-electron chi connectivity index (χ4n) is 5.75. The Hall–Kier alpha value is -3.86. The van der Waals surface area contributed by atoms with Crippen molar-refractivity contribution in [2.24, 2.45) is 0 Å². The first-order valence-corrected chi connectivity index (χ1v) is 15.5. The summed E-state index contributed by atoms with van der Waals surface area (Å²) in [7, 11) is 2.09. The van der Waals surface area contributed by atoms with E-state index in [1.165, 1.54) is 11.2 Å². The van der Waals surface area contributed by atoms with E-state index in [2.05, 4.69) is 34.0 Å². The number of carbonyl (C=O) groups excluding carboxylic acids is 2. The van der Waals surface area contributed by atoms with Gasteiger partial charge in [0.25, 0.3) is 11.8 Å². The number of rotatable bonds is 12. The molecule has 0 saturated heterocycles. The molecule has 0 bridgehead atoms.